The Morgan fingerprint density at radius 3 is 2.94 bits per heavy atom. The zero-order valence-electron chi connectivity index (χ0n) is 9.94. The van der Waals surface area contributed by atoms with Crippen LogP contribution in [0, 0.1) is 11.3 Å². The molecule has 0 saturated carbocycles. The fraction of sp³-hybridized carbons (Fsp3) is 0.231. The number of aromatic nitrogens is 2. The lowest BCUT2D eigenvalue weighted by Gasteiger charge is -2.16. The van der Waals surface area contributed by atoms with Crippen molar-refractivity contribution in [1.82, 2.24) is 9.97 Å². The highest BCUT2D eigenvalue weighted by Gasteiger charge is 2.11. The fourth-order valence-electron chi connectivity index (χ4n) is 1.73. The fourth-order valence-corrected chi connectivity index (χ4v) is 1.95. The molecule has 0 aliphatic carbocycles. The van der Waals surface area contributed by atoms with E-state index >= 15 is 0 Å². The van der Waals surface area contributed by atoms with Gasteiger partial charge < -0.3 is 10.3 Å². The number of imidazole rings is 1. The Hall–Kier alpha value is -1.99. The van der Waals surface area contributed by atoms with Gasteiger partial charge in [0.2, 0.25) is 0 Å². The summed E-state index contributed by atoms with van der Waals surface area (Å²) < 4.78 is 0. The van der Waals surface area contributed by atoms with Crippen molar-refractivity contribution in [3.05, 3.63) is 47.0 Å². The van der Waals surface area contributed by atoms with Crippen LogP contribution in [0.4, 0.5) is 5.69 Å². The number of anilines is 1. The second-order valence-electron chi connectivity index (χ2n) is 3.89. The number of hydrogen-bond donors (Lipinski definition) is 2. The Kier molecular flexibility index (Phi) is 3.85. The highest BCUT2D eigenvalue weighted by atomic mass is 35.5. The molecular formula is C13H13ClN4. The van der Waals surface area contributed by atoms with Crippen molar-refractivity contribution in [1.29, 1.82) is 5.26 Å². The van der Waals surface area contributed by atoms with Gasteiger partial charge in [0.1, 0.15) is 11.9 Å². The Morgan fingerprint density at radius 2 is 2.39 bits per heavy atom. The number of H-pyrrole nitrogens is 1. The highest BCUT2D eigenvalue weighted by molar-refractivity contribution is 6.32. The molecule has 2 aromatic rings. The smallest absolute Gasteiger partial charge is 0.128 e. The van der Waals surface area contributed by atoms with Crippen LogP contribution in [0.25, 0.3) is 0 Å². The molecule has 1 atom stereocenters. The van der Waals surface area contributed by atoms with Crippen molar-refractivity contribution >= 4 is 17.3 Å². The van der Waals surface area contributed by atoms with Crippen molar-refractivity contribution < 1.29 is 0 Å². The quantitative estimate of drug-likeness (QED) is 0.884. The van der Waals surface area contributed by atoms with Crippen LogP contribution in [0.3, 0.4) is 0 Å². The number of halogens is 1. The highest BCUT2D eigenvalue weighted by Crippen LogP contribution is 2.24. The molecule has 0 bridgehead atoms. The molecule has 5 heteroatoms. The van der Waals surface area contributed by atoms with Crippen molar-refractivity contribution in [2.45, 2.75) is 19.4 Å². The summed E-state index contributed by atoms with van der Waals surface area (Å²) in [5.41, 5.74) is 1.36. The van der Waals surface area contributed by atoms with Crippen LogP contribution < -0.4 is 5.32 Å². The van der Waals surface area contributed by atoms with E-state index in [1.165, 1.54) is 0 Å². The van der Waals surface area contributed by atoms with E-state index in [1.807, 2.05) is 12.1 Å². The summed E-state index contributed by atoms with van der Waals surface area (Å²) in [5, 5.41) is 12.6. The molecule has 2 N–H and O–H groups in total. The number of nitrogens with zero attached hydrogens (tertiary/aromatic N) is 2. The lowest BCUT2D eigenvalue weighted by Crippen LogP contribution is -2.11. The molecule has 0 aliphatic rings. The first-order valence-electron chi connectivity index (χ1n) is 5.70. The summed E-state index contributed by atoms with van der Waals surface area (Å²) in [6.45, 7) is 2.07. The van der Waals surface area contributed by atoms with Gasteiger partial charge in [-0.15, -0.1) is 0 Å². The molecule has 1 heterocycles. The van der Waals surface area contributed by atoms with E-state index < -0.39 is 0 Å². The zero-order chi connectivity index (χ0) is 13.0. The lowest BCUT2D eigenvalue weighted by molar-refractivity contribution is 0.704. The maximum Gasteiger partial charge on any atom is 0.128 e. The van der Waals surface area contributed by atoms with Crippen LogP contribution in [0.1, 0.15) is 30.8 Å². The molecular weight excluding hydrogens is 248 g/mol. The molecule has 2 rings (SSSR count). The summed E-state index contributed by atoms with van der Waals surface area (Å²) in [7, 11) is 0. The first-order valence-corrected chi connectivity index (χ1v) is 6.08. The zero-order valence-corrected chi connectivity index (χ0v) is 10.7. The molecule has 4 nitrogen and oxygen atoms in total. The van der Waals surface area contributed by atoms with Crippen molar-refractivity contribution in [3.63, 3.8) is 0 Å². The summed E-state index contributed by atoms with van der Waals surface area (Å²) in [5.74, 6) is 0.887. The predicted molar refractivity (Wildman–Crippen MR) is 71.4 cm³/mol. The van der Waals surface area contributed by atoms with Gasteiger partial charge in [-0.2, -0.15) is 5.26 Å². The van der Waals surface area contributed by atoms with E-state index in [-0.39, 0.29) is 6.04 Å². The summed E-state index contributed by atoms with van der Waals surface area (Å²) >= 11 is 6.00. The Balaban J connectivity index is 2.18. The molecule has 0 spiro atoms. The van der Waals surface area contributed by atoms with Gasteiger partial charge in [-0.1, -0.05) is 18.5 Å². The molecule has 18 heavy (non-hydrogen) atoms. The minimum atomic E-state index is 0.101. The topological polar surface area (TPSA) is 64.5 Å². The van der Waals surface area contributed by atoms with Crippen molar-refractivity contribution in [2.24, 2.45) is 0 Å². The third-order valence-corrected chi connectivity index (χ3v) is 3.00. The molecule has 0 saturated heterocycles. The Bertz CT molecular complexity index is 557. The van der Waals surface area contributed by atoms with E-state index in [4.69, 9.17) is 16.9 Å². The van der Waals surface area contributed by atoms with Crippen LogP contribution in [0.2, 0.25) is 5.02 Å². The third kappa shape index (κ3) is 2.63. The number of rotatable bonds is 4. The van der Waals surface area contributed by atoms with Crippen LogP contribution in [0.5, 0.6) is 0 Å². The van der Waals surface area contributed by atoms with Gasteiger partial charge >= 0.3 is 0 Å². The summed E-state index contributed by atoms with van der Waals surface area (Å²) in [6, 6.07) is 7.45. The summed E-state index contributed by atoms with van der Waals surface area (Å²) in [4.78, 5) is 7.32. The first-order chi connectivity index (χ1) is 8.74. The number of benzene rings is 1. The van der Waals surface area contributed by atoms with Crippen LogP contribution in [-0.4, -0.2) is 9.97 Å². The van der Waals surface area contributed by atoms with Gasteiger partial charge in [-0.05, 0) is 24.6 Å². The van der Waals surface area contributed by atoms with Crippen LogP contribution in [0.15, 0.2) is 30.6 Å². The molecule has 0 fully saturated rings. The molecule has 1 unspecified atom stereocenters. The van der Waals surface area contributed by atoms with E-state index in [2.05, 4.69) is 22.2 Å². The van der Waals surface area contributed by atoms with E-state index in [9.17, 15) is 0 Å². The standard InChI is InChI=1S/C13H13ClN4/c1-2-12(13-16-5-6-17-13)18-10-4-3-9(8-15)11(14)7-10/h3-7,12,18H,2H2,1H3,(H,16,17). The Morgan fingerprint density at radius 1 is 1.56 bits per heavy atom. The number of hydrogen-bond acceptors (Lipinski definition) is 3. The second-order valence-corrected chi connectivity index (χ2v) is 4.29. The van der Waals surface area contributed by atoms with Gasteiger partial charge in [0, 0.05) is 18.1 Å². The minimum Gasteiger partial charge on any atom is -0.375 e. The van der Waals surface area contributed by atoms with Gasteiger partial charge in [0.25, 0.3) is 0 Å². The number of nitriles is 1. The monoisotopic (exact) mass is 260 g/mol. The largest absolute Gasteiger partial charge is 0.375 e. The molecule has 1 aromatic heterocycles. The maximum atomic E-state index is 8.82. The minimum absolute atomic E-state index is 0.101. The van der Waals surface area contributed by atoms with Crippen molar-refractivity contribution in [3.8, 4) is 6.07 Å². The predicted octanol–water partition coefficient (Wildman–Crippen LogP) is 3.50. The molecule has 0 radical (unpaired) electrons. The molecule has 0 aliphatic heterocycles. The number of nitrogens with one attached hydrogen (secondary N) is 2. The van der Waals surface area contributed by atoms with Crippen LogP contribution in [-0.2, 0) is 0 Å². The molecule has 92 valence electrons. The number of aromatic amines is 1. The average molecular weight is 261 g/mol. The SMILES string of the molecule is CCC(Nc1ccc(C#N)c(Cl)c1)c1ncc[nH]1. The molecule has 0 amide bonds. The van der Waals surface area contributed by atoms with E-state index in [0.29, 0.717) is 10.6 Å². The van der Waals surface area contributed by atoms with Crippen molar-refractivity contribution in [2.75, 3.05) is 5.32 Å². The lowest BCUT2D eigenvalue weighted by atomic mass is 10.1. The van der Waals surface area contributed by atoms with Gasteiger partial charge in [0.15, 0.2) is 0 Å². The normalized spacial score (nSPS) is 11.8. The molecule has 1 aromatic carbocycles. The Labute approximate surface area is 111 Å². The first kappa shape index (κ1) is 12.5. The maximum absolute atomic E-state index is 8.82. The summed E-state index contributed by atoms with van der Waals surface area (Å²) in [6.07, 6.45) is 4.42. The van der Waals surface area contributed by atoms with E-state index in [1.54, 1.807) is 24.5 Å². The van der Waals surface area contributed by atoms with Gasteiger partial charge in [-0.25, -0.2) is 4.98 Å². The average Bonchev–Trinajstić information content (AvgIpc) is 2.90. The second kappa shape index (κ2) is 5.56. The van der Waals surface area contributed by atoms with E-state index in [0.717, 1.165) is 17.9 Å². The van der Waals surface area contributed by atoms with Crippen LogP contribution >= 0.6 is 11.6 Å². The third-order valence-electron chi connectivity index (χ3n) is 2.69. The van der Waals surface area contributed by atoms with Gasteiger partial charge in [-0.3, -0.25) is 0 Å². The van der Waals surface area contributed by atoms with Gasteiger partial charge in [0.05, 0.1) is 16.6 Å².